The molecule has 2 heterocycles. The van der Waals surface area contributed by atoms with Crippen molar-refractivity contribution in [2.45, 2.75) is 12.5 Å². The van der Waals surface area contributed by atoms with Gasteiger partial charge >= 0.3 is 6.18 Å². The van der Waals surface area contributed by atoms with E-state index in [9.17, 15) is 17.6 Å². The van der Waals surface area contributed by atoms with Gasteiger partial charge in [0.1, 0.15) is 0 Å². The fourth-order valence-electron chi connectivity index (χ4n) is 3.46. The van der Waals surface area contributed by atoms with Crippen molar-refractivity contribution in [2.75, 3.05) is 31.2 Å². The van der Waals surface area contributed by atoms with Crippen molar-refractivity contribution < 1.29 is 22.3 Å². The third-order valence-electron chi connectivity index (χ3n) is 4.82. The topological polar surface area (TPSA) is 24.5 Å². The Morgan fingerprint density at radius 3 is 2.52 bits per heavy atom. The second kappa shape index (κ2) is 6.88. The summed E-state index contributed by atoms with van der Waals surface area (Å²) in [5, 5.41) is 2.58. The van der Waals surface area contributed by atoms with Crippen LogP contribution in [0.2, 0.25) is 0 Å². The normalized spacial score (nSPS) is 19.9. The van der Waals surface area contributed by atoms with E-state index in [4.69, 9.17) is 4.74 Å². The molecule has 2 aliphatic heterocycles. The molecule has 0 radical (unpaired) electrons. The van der Waals surface area contributed by atoms with E-state index in [2.05, 4.69) is 10.2 Å². The Morgan fingerprint density at radius 2 is 1.78 bits per heavy atom. The number of hydrogen-bond donors (Lipinski definition) is 1. The van der Waals surface area contributed by atoms with E-state index in [0.29, 0.717) is 24.3 Å². The van der Waals surface area contributed by atoms with Gasteiger partial charge in [0, 0.05) is 35.6 Å². The number of morpholine rings is 1. The van der Waals surface area contributed by atoms with Gasteiger partial charge in [0.05, 0.1) is 18.8 Å². The van der Waals surface area contributed by atoms with E-state index in [1.807, 2.05) is 6.07 Å². The van der Waals surface area contributed by atoms with Crippen molar-refractivity contribution in [1.82, 2.24) is 5.32 Å². The van der Waals surface area contributed by atoms with Gasteiger partial charge in [0.15, 0.2) is 6.30 Å². The summed E-state index contributed by atoms with van der Waals surface area (Å²) in [4.78, 5) is 2.11. The lowest BCUT2D eigenvalue weighted by Gasteiger charge is -2.31. The van der Waals surface area contributed by atoms with Crippen LogP contribution in [-0.4, -0.2) is 26.3 Å². The molecule has 1 fully saturated rings. The van der Waals surface area contributed by atoms with Crippen LogP contribution in [0.3, 0.4) is 0 Å². The molecule has 1 N–H and O–H groups in total. The second-order valence-corrected chi connectivity index (χ2v) is 6.52. The molecule has 2 aromatic carbocycles. The molecule has 0 saturated carbocycles. The van der Waals surface area contributed by atoms with Crippen molar-refractivity contribution in [2.24, 2.45) is 0 Å². The van der Waals surface area contributed by atoms with Crippen molar-refractivity contribution in [3.8, 4) is 0 Å². The van der Waals surface area contributed by atoms with Crippen molar-refractivity contribution >= 4 is 17.5 Å². The summed E-state index contributed by atoms with van der Waals surface area (Å²) >= 11 is 0. The van der Waals surface area contributed by atoms with Crippen LogP contribution >= 0.6 is 0 Å². The second-order valence-electron chi connectivity index (χ2n) is 6.52. The van der Waals surface area contributed by atoms with Crippen molar-refractivity contribution in [3.63, 3.8) is 0 Å². The van der Waals surface area contributed by atoms with Gasteiger partial charge in [-0.25, -0.2) is 4.39 Å². The molecule has 2 aromatic rings. The molecule has 27 heavy (non-hydrogen) atoms. The molecule has 2 aliphatic rings. The highest BCUT2D eigenvalue weighted by Gasteiger charge is 2.35. The number of nitrogens with one attached hydrogen (secondary N) is 1. The highest BCUT2D eigenvalue weighted by Crippen LogP contribution is 2.38. The largest absolute Gasteiger partial charge is 0.417 e. The first kappa shape index (κ1) is 17.9. The Kier molecular flexibility index (Phi) is 4.55. The van der Waals surface area contributed by atoms with Crippen LogP contribution in [0, 0.1) is 0 Å². The number of rotatable bonds is 2. The summed E-state index contributed by atoms with van der Waals surface area (Å²) in [5.41, 5.74) is 1.16. The maximum atomic E-state index is 14.8. The Hall–Kier alpha value is -2.54. The number of halogens is 4. The number of hydrogen-bond acceptors (Lipinski definition) is 3. The predicted octanol–water partition coefficient (Wildman–Crippen LogP) is 4.61. The summed E-state index contributed by atoms with van der Waals surface area (Å²) in [5.74, 6) is 0. The van der Waals surface area contributed by atoms with Gasteiger partial charge in [0.2, 0.25) is 0 Å². The number of ether oxygens (including phenoxy) is 1. The predicted molar refractivity (Wildman–Crippen MR) is 95.8 cm³/mol. The smallest absolute Gasteiger partial charge is 0.378 e. The lowest BCUT2D eigenvalue weighted by molar-refractivity contribution is -0.137. The van der Waals surface area contributed by atoms with Gasteiger partial charge < -0.3 is 15.0 Å². The first-order valence-corrected chi connectivity index (χ1v) is 8.69. The zero-order valence-corrected chi connectivity index (χ0v) is 14.4. The summed E-state index contributed by atoms with van der Waals surface area (Å²) in [6.07, 6.45) is -4.52. The van der Waals surface area contributed by atoms with Crippen LogP contribution in [0.4, 0.5) is 23.2 Å². The summed E-state index contributed by atoms with van der Waals surface area (Å²) in [7, 11) is 0. The highest BCUT2D eigenvalue weighted by molar-refractivity contribution is 5.85. The number of nitrogens with zero attached hydrogens (tertiary/aromatic N) is 1. The molecule has 0 amide bonds. The van der Waals surface area contributed by atoms with E-state index >= 15 is 0 Å². The molecule has 142 valence electrons. The number of fused-ring (bicyclic) bond motifs is 1. The van der Waals surface area contributed by atoms with Crippen LogP contribution in [0.1, 0.15) is 28.5 Å². The monoisotopic (exact) mass is 378 g/mol. The maximum Gasteiger partial charge on any atom is 0.417 e. The minimum Gasteiger partial charge on any atom is -0.378 e. The van der Waals surface area contributed by atoms with Crippen LogP contribution in [0.15, 0.2) is 42.5 Å². The van der Waals surface area contributed by atoms with Crippen LogP contribution < -0.4 is 10.2 Å². The van der Waals surface area contributed by atoms with Gasteiger partial charge in [0.25, 0.3) is 0 Å². The Labute approximate surface area is 154 Å². The Balaban J connectivity index is 1.71. The average molecular weight is 378 g/mol. The van der Waals surface area contributed by atoms with E-state index in [1.54, 1.807) is 18.2 Å². The van der Waals surface area contributed by atoms with Crippen molar-refractivity contribution in [3.05, 3.63) is 64.7 Å². The fraction of sp³-hybridized carbons (Fsp3) is 0.300. The number of benzene rings is 2. The molecule has 3 nitrogen and oxygen atoms in total. The van der Waals surface area contributed by atoms with E-state index in [0.717, 1.165) is 24.8 Å². The minimum atomic E-state index is -4.51. The molecule has 0 aromatic heterocycles. The van der Waals surface area contributed by atoms with E-state index in [1.165, 1.54) is 18.2 Å². The van der Waals surface area contributed by atoms with Gasteiger partial charge in [-0.05, 0) is 29.8 Å². The zero-order chi connectivity index (χ0) is 19.0. The lowest BCUT2D eigenvalue weighted by atomic mass is 9.95. The summed E-state index contributed by atoms with van der Waals surface area (Å²) in [6, 6.07) is 10.6. The molecular weight excluding hydrogens is 360 g/mol. The average Bonchev–Trinajstić information content (AvgIpc) is 2.68. The quantitative estimate of drug-likeness (QED) is 0.610. The maximum absolute atomic E-state index is 14.8. The summed E-state index contributed by atoms with van der Waals surface area (Å²) in [6.45, 7) is 2.69. The molecule has 7 heteroatoms. The number of anilines is 1. The molecule has 1 atom stereocenters. The molecule has 0 aliphatic carbocycles. The van der Waals surface area contributed by atoms with Crippen LogP contribution in [-0.2, 0) is 10.9 Å². The van der Waals surface area contributed by atoms with Crippen LogP contribution in [0.5, 0.6) is 0 Å². The fourth-order valence-corrected chi connectivity index (χ4v) is 3.46. The van der Waals surface area contributed by atoms with Gasteiger partial charge in [-0.1, -0.05) is 24.3 Å². The SMILES string of the molecule is FC1NC(c2ccccc2C(F)(F)F)=Cc2ccc(N3CCOCC3)cc21. The van der Waals surface area contributed by atoms with Crippen molar-refractivity contribution in [1.29, 1.82) is 0 Å². The third-order valence-corrected chi connectivity index (χ3v) is 4.82. The minimum absolute atomic E-state index is 0.0597. The van der Waals surface area contributed by atoms with Gasteiger partial charge in [-0.3, -0.25) is 0 Å². The Bertz CT molecular complexity index is 873. The first-order chi connectivity index (χ1) is 12.9. The molecule has 0 bridgehead atoms. The molecule has 1 saturated heterocycles. The standard InChI is InChI=1S/C20H18F4N2O/c21-19-16-12-14(26-7-9-27-10-8-26)6-5-13(16)11-18(25-19)15-3-1-2-4-17(15)20(22,23)24/h1-6,11-12,19,25H,7-10H2. The Morgan fingerprint density at radius 1 is 1.04 bits per heavy atom. The number of alkyl halides is 4. The van der Waals surface area contributed by atoms with Crippen LogP contribution in [0.25, 0.3) is 11.8 Å². The third kappa shape index (κ3) is 3.51. The summed E-state index contributed by atoms with van der Waals surface area (Å²) < 4.78 is 60.0. The first-order valence-electron chi connectivity index (χ1n) is 8.69. The molecule has 0 spiro atoms. The zero-order valence-electron chi connectivity index (χ0n) is 14.4. The van der Waals surface area contributed by atoms with E-state index in [-0.39, 0.29) is 11.3 Å². The highest BCUT2D eigenvalue weighted by atomic mass is 19.4. The van der Waals surface area contributed by atoms with Gasteiger partial charge in [-0.2, -0.15) is 13.2 Å². The van der Waals surface area contributed by atoms with E-state index < -0.39 is 18.0 Å². The van der Waals surface area contributed by atoms with Gasteiger partial charge in [-0.15, -0.1) is 0 Å². The molecule has 1 unspecified atom stereocenters. The lowest BCUT2D eigenvalue weighted by Crippen LogP contribution is -2.36. The molecular formula is C20H18F4N2O. The molecule has 4 rings (SSSR count).